The van der Waals surface area contributed by atoms with Crippen molar-refractivity contribution in [3.05, 3.63) is 21.3 Å². The van der Waals surface area contributed by atoms with Crippen molar-refractivity contribution in [2.45, 2.75) is 32.9 Å². The van der Waals surface area contributed by atoms with Crippen molar-refractivity contribution in [1.82, 2.24) is 4.90 Å². The summed E-state index contributed by atoms with van der Waals surface area (Å²) in [6.07, 6.45) is 0. The highest BCUT2D eigenvalue weighted by Gasteiger charge is 2.21. The van der Waals surface area contributed by atoms with Crippen molar-refractivity contribution < 1.29 is 0 Å². The fraction of sp³-hybridized carbons (Fsp3) is 0.636. The maximum atomic E-state index is 5.94. The van der Waals surface area contributed by atoms with Gasteiger partial charge in [-0.05, 0) is 26.5 Å². The molecule has 0 saturated carbocycles. The van der Waals surface area contributed by atoms with Crippen molar-refractivity contribution in [3.63, 3.8) is 0 Å². The summed E-state index contributed by atoms with van der Waals surface area (Å²) in [5, 5.41) is 2.78. The second-order valence-corrected chi connectivity index (χ2v) is 5.22. The van der Waals surface area contributed by atoms with E-state index in [1.54, 1.807) is 11.3 Å². The number of hydrogen-bond acceptors (Lipinski definition) is 3. The van der Waals surface area contributed by atoms with Crippen LogP contribution >= 0.6 is 22.9 Å². The zero-order chi connectivity index (χ0) is 11.4. The van der Waals surface area contributed by atoms with E-state index in [0.29, 0.717) is 18.6 Å². The van der Waals surface area contributed by atoms with E-state index in [-0.39, 0.29) is 0 Å². The molecule has 1 aromatic heterocycles. The largest absolute Gasteiger partial charge is 0.329 e. The fourth-order valence-electron chi connectivity index (χ4n) is 1.86. The van der Waals surface area contributed by atoms with Gasteiger partial charge in [0, 0.05) is 22.8 Å². The number of thiophene rings is 1. The van der Waals surface area contributed by atoms with E-state index >= 15 is 0 Å². The van der Waals surface area contributed by atoms with Crippen LogP contribution in [0.15, 0.2) is 11.4 Å². The summed E-state index contributed by atoms with van der Waals surface area (Å²) in [6, 6.07) is 2.83. The minimum absolute atomic E-state index is 0.299. The van der Waals surface area contributed by atoms with E-state index in [4.69, 9.17) is 17.3 Å². The lowest BCUT2D eigenvalue weighted by atomic mass is 10.1. The lowest BCUT2D eigenvalue weighted by Gasteiger charge is -2.32. The Bertz CT molecular complexity index is 299. The summed E-state index contributed by atoms with van der Waals surface area (Å²) in [7, 11) is 0. The molecule has 15 heavy (non-hydrogen) atoms. The first-order chi connectivity index (χ1) is 7.10. The Balaban J connectivity index is 2.86. The molecule has 2 N–H and O–H groups in total. The maximum absolute atomic E-state index is 5.94. The Morgan fingerprint density at radius 3 is 2.53 bits per heavy atom. The van der Waals surface area contributed by atoms with E-state index in [0.717, 1.165) is 11.6 Å². The summed E-state index contributed by atoms with van der Waals surface area (Å²) in [4.78, 5) is 3.65. The first kappa shape index (κ1) is 13.0. The third kappa shape index (κ3) is 3.18. The number of rotatable bonds is 5. The molecule has 0 bridgehead atoms. The van der Waals surface area contributed by atoms with Gasteiger partial charge in [-0.2, -0.15) is 0 Å². The van der Waals surface area contributed by atoms with Crippen molar-refractivity contribution >= 4 is 22.9 Å². The second kappa shape index (κ2) is 5.85. The van der Waals surface area contributed by atoms with Gasteiger partial charge in [-0.3, -0.25) is 4.90 Å². The zero-order valence-electron chi connectivity index (χ0n) is 9.53. The van der Waals surface area contributed by atoms with Gasteiger partial charge in [0.05, 0.1) is 11.1 Å². The third-order valence-corrected chi connectivity index (χ3v) is 3.95. The SMILES string of the molecule is CCN(C(C)C)C(CN)c1cc(Cl)cs1. The number of likely N-dealkylation sites (N-methyl/N-ethyl adjacent to an activating group) is 1. The average Bonchev–Trinajstić information content (AvgIpc) is 2.60. The molecular weight excluding hydrogens is 228 g/mol. The van der Waals surface area contributed by atoms with Crippen LogP contribution < -0.4 is 5.73 Å². The maximum Gasteiger partial charge on any atom is 0.0566 e. The quantitative estimate of drug-likeness (QED) is 0.865. The smallest absolute Gasteiger partial charge is 0.0566 e. The minimum atomic E-state index is 0.299. The summed E-state index contributed by atoms with van der Waals surface area (Å²) in [6.45, 7) is 8.21. The number of nitrogens with zero attached hydrogens (tertiary/aromatic N) is 1. The molecule has 0 fully saturated rings. The van der Waals surface area contributed by atoms with Gasteiger partial charge >= 0.3 is 0 Å². The predicted octanol–water partition coefficient (Wildman–Crippen LogP) is 3.13. The van der Waals surface area contributed by atoms with Crippen LogP contribution in [0.3, 0.4) is 0 Å². The van der Waals surface area contributed by atoms with Crippen LogP contribution in [0.5, 0.6) is 0 Å². The van der Waals surface area contributed by atoms with E-state index < -0.39 is 0 Å². The molecule has 0 aliphatic rings. The topological polar surface area (TPSA) is 29.3 Å². The molecular formula is C11H19ClN2S. The Kier molecular flexibility index (Phi) is 5.06. The number of halogens is 1. The minimum Gasteiger partial charge on any atom is -0.329 e. The highest BCUT2D eigenvalue weighted by Crippen LogP contribution is 2.29. The molecule has 0 radical (unpaired) electrons. The summed E-state index contributed by atoms with van der Waals surface area (Å²) in [5.74, 6) is 0. The van der Waals surface area contributed by atoms with Crippen LogP contribution in [0.4, 0.5) is 0 Å². The molecule has 1 aromatic rings. The highest BCUT2D eigenvalue weighted by molar-refractivity contribution is 7.10. The molecule has 0 amide bonds. The van der Waals surface area contributed by atoms with Crippen LogP contribution in [-0.2, 0) is 0 Å². The lowest BCUT2D eigenvalue weighted by Crippen LogP contribution is -2.38. The van der Waals surface area contributed by atoms with E-state index in [9.17, 15) is 0 Å². The fourth-order valence-corrected chi connectivity index (χ4v) is 3.08. The third-order valence-electron chi connectivity index (χ3n) is 2.57. The van der Waals surface area contributed by atoms with Crippen molar-refractivity contribution in [1.29, 1.82) is 0 Å². The molecule has 1 rings (SSSR count). The molecule has 2 nitrogen and oxygen atoms in total. The van der Waals surface area contributed by atoms with Crippen molar-refractivity contribution in [3.8, 4) is 0 Å². The van der Waals surface area contributed by atoms with Crippen LogP contribution in [-0.4, -0.2) is 24.0 Å². The van der Waals surface area contributed by atoms with Gasteiger partial charge < -0.3 is 5.73 Å². The average molecular weight is 247 g/mol. The van der Waals surface area contributed by atoms with Gasteiger partial charge in [0.15, 0.2) is 0 Å². The monoisotopic (exact) mass is 246 g/mol. The lowest BCUT2D eigenvalue weighted by molar-refractivity contribution is 0.169. The Labute approximate surface area is 101 Å². The standard InChI is InChI=1S/C11H19ClN2S/c1-4-14(8(2)3)10(6-13)11-5-9(12)7-15-11/h5,7-8,10H,4,6,13H2,1-3H3. The summed E-state index contributed by atoms with van der Waals surface area (Å²) >= 11 is 7.63. The number of nitrogens with two attached hydrogens (primary N) is 1. The van der Waals surface area contributed by atoms with Gasteiger partial charge in [-0.1, -0.05) is 18.5 Å². The molecule has 1 atom stereocenters. The molecule has 0 aliphatic heterocycles. The van der Waals surface area contributed by atoms with E-state index in [2.05, 4.69) is 25.7 Å². The van der Waals surface area contributed by atoms with Gasteiger partial charge in [0.2, 0.25) is 0 Å². The Morgan fingerprint density at radius 2 is 2.20 bits per heavy atom. The second-order valence-electron chi connectivity index (χ2n) is 3.84. The number of hydrogen-bond donors (Lipinski definition) is 1. The normalized spacial score (nSPS) is 13.8. The van der Waals surface area contributed by atoms with Crippen LogP contribution in [0.25, 0.3) is 0 Å². The molecule has 86 valence electrons. The van der Waals surface area contributed by atoms with E-state index in [1.165, 1.54) is 4.88 Å². The molecule has 0 spiro atoms. The molecule has 0 aromatic carbocycles. The molecule has 1 unspecified atom stereocenters. The Morgan fingerprint density at radius 1 is 1.53 bits per heavy atom. The van der Waals surface area contributed by atoms with Crippen LogP contribution in [0, 0.1) is 0 Å². The predicted molar refractivity (Wildman–Crippen MR) is 68.6 cm³/mol. The van der Waals surface area contributed by atoms with Gasteiger partial charge in [0.25, 0.3) is 0 Å². The van der Waals surface area contributed by atoms with E-state index in [1.807, 2.05) is 11.4 Å². The molecule has 0 aliphatic carbocycles. The van der Waals surface area contributed by atoms with Crippen molar-refractivity contribution in [2.75, 3.05) is 13.1 Å². The summed E-state index contributed by atoms with van der Waals surface area (Å²) < 4.78 is 0. The van der Waals surface area contributed by atoms with Crippen LogP contribution in [0.1, 0.15) is 31.7 Å². The first-order valence-corrected chi connectivity index (χ1v) is 6.55. The van der Waals surface area contributed by atoms with Crippen LogP contribution in [0.2, 0.25) is 5.02 Å². The Hall–Kier alpha value is -0.0900. The highest BCUT2D eigenvalue weighted by atomic mass is 35.5. The zero-order valence-corrected chi connectivity index (χ0v) is 11.1. The van der Waals surface area contributed by atoms with Gasteiger partial charge in [-0.25, -0.2) is 0 Å². The summed E-state index contributed by atoms with van der Waals surface area (Å²) in [5.41, 5.74) is 5.85. The van der Waals surface area contributed by atoms with Crippen molar-refractivity contribution in [2.24, 2.45) is 5.73 Å². The van der Waals surface area contributed by atoms with Gasteiger partial charge in [0.1, 0.15) is 0 Å². The first-order valence-electron chi connectivity index (χ1n) is 5.29. The molecule has 0 saturated heterocycles. The van der Waals surface area contributed by atoms with Gasteiger partial charge in [-0.15, -0.1) is 11.3 Å². The molecule has 4 heteroatoms. The molecule has 1 heterocycles.